The number of alkyl halides is 1. The van der Waals surface area contributed by atoms with Gasteiger partial charge < -0.3 is 5.73 Å². The average Bonchev–Trinajstić information content (AvgIpc) is 1.77. The van der Waals surface area contributed by atoms with E-state index in [0.29, 0.717) is 0 Å². The molecule has 0 amide bonds. The minimum absolute atomic E-state index is 0.250. The summed E-state index contributed by atoms with van der Waals surface area (Å²) in [5.74, 6) is 0. The third kappa shape index (κ3) is 1.07. The van der Waals surface area contributed by atoms with E-state index in [1.54, 1.807) is 0 Å². The van der Waals surface area contributed by atoms with Crippen LogP contribution >= 0.6 is 0 Å². The molecule has 2 heteroatoms. The van der Waals surface area contributed by atoms with Crippen molar-refractivity contribution in [2.24, 2.45) is 5.73 Å². The Balaban J connectivity index is 2.47. The van der Waals surface area contributed by atoms with Crippen molar-refractivity contribution in [3.8, 4) is 0 Å². The average molecular weight is 115 g/mol. The fourth-order valence-corrected chi connectivity index (χ4v) is 0.817. The summed E-state index contributed by atoms with van der Waals surface area (Å²) in [5, 5.41) is 0. The van der Waals surface area contributed by atoms with Gasteiger partial charge in [0.05, 0.1) is 0 Å². The lowest BCUT2D eigenvalue weighted by Gasteiger charge is -2.15. The van der Waals surface area contributed by atoms with Crippen molar-refractivity contribution in [1.82, 2.24) is 0 Å². The van der Waals surface area contributed by atoms with Crippen LogP contribution in [-0.2, 0) is 0 Å². The van der Waals surface area contributed by atoms with Gasteiger partial charge in [-0.05, 0) is 12.8 Å². The Kier molecular flexibility index (Phi) is 1.63. The van der Waals surface area contributed by atoms with Gasteiger partial charge in [-0.15, -0.1) is 0 Å². The molecule has 0 aromatic carbocycles. The molecule has 8 heavy (non-hydrogen) atoms. The zero-order valence-corrected chi connectivity index (χ0v) is 4.68. The van der Waals surface area contributed by atoms with E-state index in [4.69, 9.17) is 5.73 Å². The Morgan fingerprint density at radius 2 is 2.38 bits per heavy atom. The lowest BCUT2D eigenvalue weighted by atomic mass is 10.0. The number of halogens is 1. The predicted molar refractivity (Wildman–Crippen MR) is 31.2 cm³/mol. The topological polar surface area (TPSA) is 26.0 Å². The molecule has 2 N–H and O–H groups in total. The summed E-state index contributed by atoms with van der Waals surface area (Å²) in [4.78, 5) is 0. The van der Waals surface area contributed by atoms with Gasteiger partial charge in [-0.1, -0.05) is 12.2 Å². The molecule has 0 aromatic rings. The van der Waals surface area contributed by atoms with Crippen LogP contribution in [0.1, 0.15) is 12.8 Å². The Hall–Kier alpha value is -0.370. The maximum atomic E-state index is 12.4. The van der Waals surface area contributed by atoms with Gasteiger partial charge in [-0.3, -0.25) is 0 Å². The Bertz CT molecular complexity index is 101. The standard InChI is InChI=1S/C6H10FN/c7-5-3-1-2-4-6(5)8/h1,3,5-6H,2,4,8H2. The molecule has 1 aliphatic rings. The monoisotopic (exact) mass is 115 g/mol. The summed E-state index contributed by atoms with van der Waals surface area (Å²) in [6.45, 7) is 0. The van der Waals surface area contributed by atoms with E-state index in [1.807, 2.05) is 6.08 Å². The molecule has 0 radical (unpaired) electrons. The Morgan fingerprint density at radius 1 is 1.62 bits per heavy atom. The van der Waals surface area contributed by atoms with Crippen LogP contribution in [0, 0.1) is 0 Å². The highest BCUT2D eigenvalue weighted by atomic mass is 19.1. The molecule has 2 unspecified atom stereocenters. The highest BCUT2D eigenvalue weighted by Crippen LogP contribution is 2.11. The summed E-state index contributed by atoms with van der Waals surface area (Å²) < 4.78 is 12.4. The first kappa shape index (κ1) is 5.76. The summed E-state index contributed by atoms with van der Waals surface area (Å²) in [6, 6.07) is -0.250. The normalized spacial score (nSPS) is 37.8. The van der Waals surface area contributed by atoms with E-state index in [2.05, 4.69) is 0 Å². The molecule has 0 spiro atoms. The molecule has 0 fully saturated rings. The number of hydrogen-bond acceptors (Lipinski definition) is 1. The third-order valence-electron chi connectivity index (χ3n) is 1.40. The highest BCUT2D eigenvalue weighted by molar-refractivity contribution is 4.99. The van der Waals surface area contributed by atoms with Gasteiger partial charge in [-0.25, -0.2) is 4.39 Å². The lowest BCUT2D eigenvalue weighted by Crippen LogP contribution is -2.31. The van der Waals surface area contributed by atoms with Gasteiger partial charge in [0, 0.05) is 6.04 Å². The van der Waals surface area contributed by atoms with Crippen LogP contribution in [0.4, 0.5) is 4.39 Å². The molecular formula is C6H10FN. The lowest BCUT2D eigenvalue weighted by molar-refractivity contribution is 0.319. The second-order valence-electron chi connectivity index (χ2n) is 2.11. The van der Waals surface area contributed by atoms with E-state index in [1.165, 1.54) is 6.08 Å². The fraction of sp³-hybridized carbons (Fsp3) is 0.667. The molecule has 0 bridgehead atoms. The van der Waals surface area contributed by atoms with Crippen molar-refractivity contribution < 1.29 is 4.39 Å². The molecule has 46 valence electrons. The van der Waals surface area contributed by atoms with E-state index in [0.717, 1.165) is 12.8 Å². The summed E-state index contributed by atoms with van der Waals surface area (Å²) >= 11 is 0. The van der Waals surface area contributed by atoms with Gasteiger partial charge in [-0.2, -0.15) is 0 Å². The zero-order chi connectivity index (χ0) is 5.98. The molecule has 0 aliphatic heterocycles. The smallest absolute Gasteiger partial charge is 0.133 e. The van der Waals surface area contributed by atoms with Crippen molar-refractivity contribution in [3.05, 3.63) is 12.2 Å². The summed E-state index contributed by atoms with van der Waals surface area (Å²) in [6.07, 6.45) is 4.20. The van der Waals surface area contributed by atoms with Crippen LogP contribution in [0.3, 0.4) is 0 Å². The van der Waals surface area contributed by atoms with Crippen molar-refractivity contribution in [2.75, 3.05) is 0 Å². The molecular weight excluding hydrogens is 105 g/mol. The number of allylic oxidation sites excluding steroid dienone is 1. The molecule has 0 saturated heterocycles. The quantitative estimate of drug-likeness (QED) is 0.468. The Morgan fingerprint density at radius 3 is 2.75 bits per heavy atom. The summed E-state index contributed by atoms with van der Waals surface area (Å²) in [5.41, 5.74) is 5.35. The minimum atomic E-state index is -0.899. The van der Waals surface area contributed by atoms with Crippen LogP contribution in [0.15, 0.2) is 12.2 Å². The number of rotatable bonds is 0. The summed E-state index contributed by atoms with van der Waals surface area (Å²) in [7, 11) is 0. The molecule has 0 heterocycles. The van der Waals surface area contributed by atoms with Gasteiger partial charge in [0.25, 0.3) is 0 Å². The van der Waals surface area contributed by atoms with E-state index >= 15 is 0 Å². The van der Waals surface area contributed by atoms with Gasteiger partial charge in [0.1, 0.15) is 6.17 Å². The van der Waals surface area contributed by atoms with Crippen molar-refractivity contribution in [3.63, 3.8) is 0 Å². The Labute approximate surface area is 48.4 Å². The van der Waals surface area contributed by atoms with E-state index in [-0.39, 0.29) is 6.04 Å². The molecule has 0 saturated carbocycles. The number of hydrogen-bond donors (Lipinski definition) is 1. The maximum Gasteiger partial charge on any atom is 0.133 e. The second kappa shape index (κ2) is 2.27. The van der Waals surface area contributed by atoms with Crippen molar-refractivity contribution in [2.45, 2.75) is 25.1 Å². The second-order valence-corrected chi connectivity index (χ2v) is 2.11. The highest BCUT2D eigenvalue weighted by Gasteiger charge is 2.15. The SMILES string of the molecule is NC1CCC=CC1F. The van der Waals surface area contributed by atoms with Crippen LogP contribution < -0.4 is 5.73 Å². The fourth-order valence-electron chi connectivity index (χ4n) is 0.817. The van der Waals surface area contributed by atoms with Crippen LogP contribution in [-0.4, -0.2) is 12.2 Å². The van der Waals surface area contributed by atoms with Crippen LogP contribution in [0.2, 0.25) is 0 Å². The molecule has 1 aliphatic carbocycles. The molecule has 2 atom stereocenters. The minimum Gasteiger partial charge on any atom is -0.325 e. The van der Waals surface area contributed by atoms with Crippen LogP contribution in [0.25, 0.3) is 0 Å². The largest absolute Gasteiger partial charge is 0.325 e. The van der Waals surface area contributed by atoms with Crippen LogP contribution in [0.5, 0.6) is 0 Å². The van der Waals surface area contributed by atoms with Gasteiger partial charge >= 0.3 is 0 Å². The first-order chi connectivity index (χ1) is 3.80. The van der Waals surface area contributed by atoms with Crippen molar-refractivity contribution in [1.29, 1.82) is 0 Å². The third-order valence-corrected chi connectivity index (χ3v) is 1.40. The first-order valence-corrected chi connectivity index (χ1v) is 2.87. The molecule has 0 aromatic heterocycles. The number of nitrogens with two attached hydrogens (primary N) is 1. The first-order valence-electron chi connectivity index (χ1n) is 2.87. The van der Waals surface area contributed by atoms with E-state index in [9.17, 15) is 4.39 Å². The molecule has 1 rings (SSSR count). The zero-order valence-electron chi connectivity index (χ0n) is 4.68. The maximum absolute atomic E-state index is 12.4. The predicted octanol–water partition coefficient (Wildman–Crippen LogP) is 1.00. The van der Waals surface area contributed by atoms with Gasteiger partial charge in [0.15, 0.2) is 0 Å². The van der Waals surface area contributed by atoms with Crippen molar-refractivity contribution >= 4 is 0 Å². The van der Waals surface area contributed by atoms with Gasteiger partial charge in [0.2, 0.25) is 0 Å². The molecule has 1 nitrogen and oxygen atoms in total. The van der Waals surface area contributed by atoms with E-state index < -0.39 is 6.17 Å².